The molecule has 0 saturated heterocycles. The van der Waals surface area contributed by atoms with Gasteiger partial charge in [-0.2, -0.15) is 0 Å². The third-order valence-electron chi connectivity index (χ3n) is 9.49. The van der Waals surface area contributed by atoms with Gasteiger partial charge in [0.05, 0.1) is 0 Å². The molecule has 1 aliphatic carbocycles. The van der Waals surface area contributed by atoms with E-state index in [0.29, 0.717) is 0 Å². The fourth-order valence-electron chi connectivity index (χ4n) is 7.49. The van der Waals surface area contributed by atoms with E-state index >= 15 is 0 Å². The van der Waals surface area contributed by atoms with Gasteiger partial charge in [-0.05, 0) is 91.3 Å². The van der Waals surface area contributed by atoms with Gasteiger partial charge in [0.25, 0.3) is 0 Å². The summed E-state index contributed by atoms with van der Waals surface area (Å²) in [6, 6.07) is 44.1. The first-order chi connectivity index (χ1) is 21.8. The van der Waals surface area contributed by atoms with Gasteiger partial charge in [-0.15, -0.1) is 0 Å². The van der Waals surface area contributed by atoms with E-state index in [1.165, 1.54) is 54.6 Å². The Kier molecular flexibility index (Phi) is 4.86. The minimum atomic E-state index is 0.832. The number of fused-ring (bicyclic) bond motifs is 10. The molecule has 44 heavy (non-hydrogen) atoms. The Morgan fingerprint density at radius 1 is 0.455 bits per heavy atom. The van der Waals surface area contributed by atoms with Crippen LogP contribution >= 0.6 is 0 Å². The van der Waals surface area contributed by atoms with Gasteiger partial charge in [0.2, 0.25) is 0 Å². The standard InChI is InChI=1S/C42H26O2/c1-2-10-26-23-27(18-17-25(26)9-1)39-31-12-3-5-14-33(31)40(34-15-6-4-13-32(34)39)28-19-20-30-36-22-21-35-29-11-7-8-16-37(29)43-41(35)42(36)44-38(30)24-28/h1-7,9-15,17-24H,8,16H2. The maximum Gasteiger partial charge on any atom is 0.178 e. The lowest BCUT2D eigenvalue weighted by molar-refractivity contribution is 0.541. The summed E-state index contributed by atoms with van der Waals surface area (Å²) < 4.78 is 13.0. The molecule has 9 aromatic rings. The Balaban J connectivity index is 1.24. The van der Waals surface area contributed by atoms with Crippen LogP contribution in [0, 0.1) is 0 Å². The minimum absolute atomic E-state index is 0.832. The highest BCUT2D eigenvalue weighted by Gasteiger charge is 2.21. The normalized spacial score (nSPS) is 13.2. The molecule has 0 fully saturated rings. The van der Waals surface area contributed by atoms with Gasteiger partial charge in [0, 0.05) is 28.1 Å². The molecule has 10 rings (SSSR count). The second-order valence-corrected chi connectivity index (χ2v) is 11.9. The van der Waals surface area contributed by atoms with Crippen LogP contribution < -0.4 is 0 Å². The van der Waals surface area contributed by atoms with Crippen molar-refractivity contribution in [2.75, 3.05) is 0 Å². The molecule has 2 aromatic heterocycles. The van der Waals surface area contributed by atoms with Crippen molar-refractivity contribution in [2.24, 2.45) is 0 Å². The summed E-state index contributed by atoms with van der Waals surface area (Å²) in [5.74, 6) is 1.06. The van der Waals surface area contributed by atoms with Crippen LogP contribution in [0.1, 0.15) is 17.7 Å². The van der Waals surface area contributed by atoms with Gasteiger partial charge in [-0.1, -0.05) is 103 Å². The fraction of sp³-hybridized carbons (Fsp3) is 0.0476. The SMILES string of the molecule is C1=Cc2c(oc3c2ccc2c4ccc(-c5c6ccccc6c(-c6ccc7ccccc7c6)c6ccccc56)cc4oc23)CC1. The van der Waals surface area contributed by atoms with Crippen LogP contribution in [0.4, 0.5) is 0 Å². The largest absolute Gasteiger partial charge is 0.456 e. The number of hydrogen-bond donors (Lipinski definition) is 0. The average Bonchev–Trinajstić information content (AvgIpc) is 3.65. The quantitative estimate of drug-likeness (QED) is 0.196. The highest BCUT2D eigenvalue weighted by Crippen LogP contribution is 2.46. The van der Waals surface area contributed by atoms with Gasteiger partial charge in [0.1, 0.15) is 11.3 Å². The van der Waals surface area contributed by atoms with Crippen molar-refractivity contribution >= 4 is 71.3 Å². The van der Waals surface area contributed by atoms with Crippen LogP contribution in [0.15, 0.2) is 136 Å². The first-order valence-corrected chi connectivity index (χ1v) is 15.3. The van der Waals surface area contributed by atoms with Gasteiger partial charge in [0.15, 0.2) is 11.2 Å². The molecule has 7 aromatic carbocycles. The Labute approximate surface area is 253 Å². The number of aryl methyl sites for hydroxylation is 1. The molecule has 2 heteroatoms. The molecule has 0 atom stereocenters. The Hall–Kier alpha value is -5.60. The molecule has 0 amide bonds. The van der Waals surface area contributed by atoms with Crippen LogP contribution in [-0.4, -0.2) is 0 Å². The van der Waals surface area contributed by atoms with E-state index in [9.17, 15) is 0 Å². The van der Waals surface area contributed by atoms with Crippen molar-refractivity contribution in [3.63, 3.8) is 0 Å². The van der Waals surface area contributed by atoms with E-state index in [1.807, 2.05) is 0 Å². The maximum atomic E-state index is 6.65. The summed E-state index contributed by atoms with van der Waals surface area (Å²) in [4.78, 5) is 0. The molecule has 0 N–H and O–H groups in total. The lowest BCUT2D eigenvalue weighted by Gasteiger charge is -2.18. The van der Waals surface area contributed by atoms with Crippen molar-refractivity contribution in [3.8, 4) is 22.3 Å². The van der Waals surface area contributed by atoms with Crippen molar-refractivity contribution in [3.05, 3.63) is 139 Å². The lowest BCUT2D eigenvalue weighted by atomic mass is 9.85. The molecule has 2 heterocycles. The van der Waals surface area contributed by atoms with Gasteiger partial charge < -0.3 is 8.83 Å². The average molecular weight is 563 g/mol. The van der Waals surface area contributed by atoms with E-state index in [0.717, 1.165) is 57.1 Å². The summed E-state index contributed by atoms with van der Waals surface area (Å²) in [5.41, 5.74) is 8.63. The highest BCUT2D eigenvalue weighted by atomic mass is 16.4. The number of allylic oxidation sites excluding steroid dienone is 1. The Bertz CT molecular complexity index is 2610. The molecule has 0 saturated carbocycles. The van der Waals surface area contributed by atoms with Crippen LogP contribution in [0.25, 0.3) is 93.6 Å². The van der Waals surface area contributed by atoms with Crippen LogP contribution in [0.2, 0.25) is 0 Å². The summed E-state index contributed by atoms with van der Waals surface area (Å²) in [6.45, 7) is 0. The molecule has 0 aliphatic heterocycles. The van der Waals surface area contributed by atoms with Crippen LogP contribution in [-0.2, 0) is 6.42 Å². The smallest absolute Gasteiger partial charge is 0.178 e. The van der Waals surface area contributed by atoms with E-state index in [-0.39, 0.29) is 0 Å². The third-order valence-corrected chi connectivity index (χ3v) is 9.49. The second kappa shape index (κ2) is 8.95. The van der Waals surface area contributed by atoms with Crippen molar-refractivity contribution in [2.45, 2.75) is 12.8 Å². The van der Waals surface area contributed by atoms with E-state index in [4.69, 9.17) is 8.83 Å². The third kappa shape index (κ3) is 3.31. The molecule has 1 aliphatic rings. The lowest BCUT2D eigenvalue weighted by Crippen LogP contribution is -1.91. The minimum Gasteiger partial charge on any atom is -0.456 e. The number of rotatable bonds is 2. The fourth-order valence-corrected chi connectivity index (χ4v) is 7.49. The van der Waals surface area contributed by atoms with E-state index in [1.54, 1.807) is 0 Å². The zero-order valence-corrected chi connectivity index (χ0v) is 23.9. The molecule has 0 radical (unpaired) electrons. The van der Waals surface area contributed by atoms with Crippen LogP contribution in [0.3, 0.4) is 0 Å². The zero-order valence-electron chi connectivity index (χ0n) is 23.9. The Morgan fingerprint density at radius 3 is 1.80 bits per heavy atom. The number of benzene rings is 7. The molecule has 0 bridgehead atoms. The van der Waals surface area contributed by atoms with Gasteiger partial charge in [-0.3, -0.25) is 0 Å². The second-order valence-electron chi connectivity index (χ2n) is 11.9. The van der Waals surface area contributed by atoms with Crippen molar-refractivity contribution in [1.82, 2.24) is 0 Å². The molecular weight excluding hydrogens is 536 g/mol. The molecule has 2 nitrogen and oxygen atoms in total. The Morgan fingerprint density at radius 2 is 1.05 bits per heavy atom. The first kappa shape index (κ1) is 23.9. The molecule has 0 spiro atoms. The van der Waals surface area contributed by atoms with Gasteiger partial charge >= 0.3 is 0 Å². The highest BCUT2D eigenvalue weighted by molar-refractivity contribution is 6.22. The van der Waals surface area contributed by atoms with E-state index in [2.05, 4.69) is 133 Å². The predicted octanol–water partition coefficient (Wildman–Crippen LogP) is 12.1. The van der Waals surface area contributed by atoms with Crippen molar-refractivity contribution in [1.29, 1.82) is 0 Å². The topological polar surface area (TPSA) is 26.3 Å². The maximum absolute atomic E-state index is 6.65. The predicted molar refractivity (Wildman–Crippen MR) is 184 cm³/mol. The first-order valence-electron chi connectivity index (χ1n) is 15.3. The summed E-state index contributed by atoms with van der Waals surface area (Å²) in [6.07, 6.45) is 6.37. The summed E-state index contributed by atoms with van der Waals surface area (Å²) >= 11 is 0. The summed E-state index contributed by atoms with van der Waals surface area (Å²) in [7, 11) is 0. The number of furan rings is 2. The zero-order chi connectivity index (χ0) is 28.8. The summed E-state index contributed by atoms with van der Waals surface area (Å²) in [5, 5.41) is 10.8. The molecule has 206 valence electrons. The van der Waals surface area contributed by atoms with E-state index < -0.39 is 0 Å². The monoisotopic (exact) mass is 562 g/mol. The molecular formula is C42H26O2. The molecule has 0 unspecified atom stereocenters. The number of hydrogen-bond acceptors (Lipinski definition) is 2. The van der Waals surface area contributed by atoms with Crippen molar-refractivity contribution < 1.29 is 8.83 Å². The van der Waals surface area contributed by atoms with Gasteiger partial charge in [-0.25, -0.2) is 0 Å². The van der Waals surface area contributed by atoms with Crippen LogP contribution in [0.5, 0.6) is 0 Å².